The average Bonchev–Trinajstić information content (AvgIpc) is 2.73. The van der Waals surface area contributed by atoms with Crippen molar-refractivity contribution in [1.29, 1.82) is 0 Å². The molecular formula is C24H29F4N3O3S. The van der Waals surface area contributed by atoms with E-state index in [1.165, 1.54) is 12.1 Å². The van der Waals surface area contributed by atoms with Gasteiger partial charge in [-0.05, 0) is 76.3 Å². The van der Waals surface area contributed by atoms with E-state index in [4.69, 9.17) is 0 Å². The highest BCUT2D eigenvalue weighted by Gasteiger charge is 2.49. The molecule has 0 spiro atoms. The monoisotopic (exact) mass is 515 g/mol. The quantitative estimate of drug-likeness (QED) is 0.545. The normalized spacial score (nSPS) is 17.5. The maximum Gasteiger partial charge on any atom is 0.399 e. The highest BCUT2D eigenvalue weighted by atomic mass is 32.2. The van der Waals surface area contributed by atoms with Crippen LogP contribution in [0.25, 0.3) is 0 Å². The summed E-state index contributed by atoms with van der Waals surface area (Å²) in [4.78, 5) is 17.2. The fraction of sp³-hybridized carbons (Fsp3) is 0.500. The van der Waals surface area contributed by atoms with Crippen LogP contribution in [-0.4, -0.2) is 31.7 Å². The first-order valence-electron chi connectivity index (χ1n) is 11.1. The zero-order valence-corrected chi connectivity index (χ0v) is 21.0. The molecule has 0 fully saturated rings. The molecule has 0 bridgehead atoms. The molecule has 3 rings (SSSR count). The molecule has 0 radical (unpaired) electrons. The van der Waals surface area contributed by atoms with Crippen molar-refractivity contribution >= 4 is 21.6 Å². The highest BCUT2D eigenvalue weighted by Crippen LogP contribution is 2.40. The van der Waals surface area contributed by atoms with Crippen LogP contribution in [0.2, 0.25) is 0 Å². The van der Waals surface area contributed by atoms with Gasteiger partial charge < -0.3 is 5.32 Å². The van der Waals surface area contributed by atoms with Crippen LogP contribution in [-0.2, 0) is 33.1 Å². The van der Waals surface area contributed by atoms with E-state index in [0.717, 1.165) is 31.7 Å². The summed E-state index contributed by atoms with van der Waals surface area (Å²) in [5, 5.41) is 2.80. The lowest BCUT2D eigenvalue weighted by Crippen LogP contribution is -2.38. The fourth-order valence-electron chi connectivity index (χ4n) is 4.08. The van der Waals surface area contributed by atoms with Gasteiger partial charge in [-0.2, -0.15) is 13.2 Å². The molecule has 0 unspecified atom stereocenters. The van der Waals surface area contributed by atoms with Gasteiger partial charge in [-0.15, -0.1) is 0 Å². The van der Waals surface area contributed by atoms with E-state index in [9.17, 15) is 30.8 Å². The van der Waals surface area contributed by atoms with Gasteiger partial charge in [0.1, 0.15) is 11.2 Å². The third kappa shape index (κ3) is 5.94. The van der Waals surface area contributed by atoms with Crippen LogP contribution < -0.4 is 10.0 Å². The number of halogens is 4. The summed E-state index contributed by atoms with van der Waals surface area (Å²) in [6.45, 7) is 5.44. The van der Waals surface area contributed by atoms with E-state index < -0.39 is 39.4 Å². The first-order valence-corrected chi connectivity index (χ1v) is 13.0. The van der Waals surface area contributed by atoms with Crippen molar-refractivity contribution in [3.8, 4) is 0 Å². The van der Waals surface area contributed by atoms with Gasteiger partial charge in [-0.3, -0.25) is 14.5 Å². The van der Waals surface area contributed by atoms with Gasteiger partial charge in [0.15, 0.2) is 0 Å². The molecular weight excluding hydrogens is 486 g/mol. The summed E-state index contributed by atoms with van der Waals surface area (Å²) in [7, 11) is -3.57. The maximum absolute atomic E-state index is 14.7. The number of hydrogen-bond donors (Lipinski definition) is 2. The minimum Gasteiger partial charge on any atom is -0.349 e. The second kappa shape index (κ2) is 9.40. The molecule has 1 amide bonds. The van der Waals surface area contributed by atoms with Gasteiger partial charge in [0.2, 0.25) is 15.9 Å². The van der Waals surface area contributed by atoms with Crippen molar-refractivity contribution in [1.82, 2.24) is 10.3 Å². The number of fused-ring (bicyclic) bond motifs is 1. The molecule has 1 aromatic heterocycles. The number of alkyl halides is 3. The Labute approximate surface area is 202 Å². The predicted molar refractivity (Wildman–Crippen MR) is 125 cm³/mol. The molecule has 2 aromatic rings. The number of anilines is 1. The number of aromatic nitrogens is 1. The Hall–Kier alpha value is -2.69. The third-order valence-corrected chi connectivity index (χ3v) is 7.04. The molecule has 1 aromatic carbocycles. The zero-order chi connectivity index (χ0) is 26.3. The number of carbonyl (C=O) groups excluding carboxylic acids is 1. The summed E-state index contributed by atoms with van der Waals surface area (Å²) in [5.74, 6) is -1.38. The average molecular weight is 516 g/mol. The Kier molecular flexibility index (Phi) is 7.23. The van der Waals surface area contributed by atoms with Crippen molar-refractivity contribution in [2.75, 3.05) is 11.0 Å². The van der Waals surface area contributed by atoms with Gasteiger partial charge >= 0.3 is 6.18 Å². The number of benzene rings is 1. The molecule has 192 valence electrons. The van der Waals surface area contributed by atoms with E-state index in [1.54, 1.807) is 19.9 Å². The Bertz CT molecular complexity index is 1240. The van der Waals surface area contributed by atoms with E-state index in [2.05, 4.69) is 15.0 Å². The minimum absolute atomic E-state index is 0.0556. The number of nitrogens with one attached hydrogen (secondary N) is 2. The maximum atomic E-state index is 14.7. The van der Waals surface area contributed by atoms with Crippen LogP contribution in [0, 0.1) is 18.7 Å². The molecule has 0 aliphatic heterocycles. The first-order chi connectivity index (χ1) is 16.0. The standard InChI is InChI=1S/C24H29F4N3O3S/c1-13-10-17(18(25)12-20(13)31-35(5,33)34)14(2)29-22(32)16-6-8-19-15(11-16)7-9-21(30-19)23(3,4)24(26,27)28/h7,9-10,12,14,16,31H,6,8,11H2,1-5H3,(H,29,32)/t14-,16-/m1/s1. The summed E-state index contributed by atoms with van der Waals surface area (Å²) in [6.07, 6.45) is -2.37. The van der Waals surface area contributed by atoms with Crippen LogP contribution in [0.4, 0.5) is 23.2 Å². The molecule has 1 heterocycles. The van der Waals surface area contributed by atoms with Gasteiger partial charge in [-0.1, -0.05) is 6.07 Å². The van der Waals surface area contributed by atoms with E-state index in [-0.39, 0.29) is 22.9 Å². The Balaban J connectivity index is 1.72. The number of aryl methyl sites for hydroxylation is 2. The van der Waals surface area contributed by atoms with Crippen LogP contribution >= 0.6 is 0 Å². The van der Waals surface area contributed by atoms with Crippen molar-refractivity contribution in [2.45, 2.75) is 64.6 Å². The summed E-state index contributed by atoms with van der Waals surface area (Å²) in [6, 6.07) is 4.85. The van der Waals surface area contributed by atoms with Crippen molar-refractivity contribution in [2.24, 2.45) is 5.92 Å². The fourth-order valence-corrected chi connectivity index (χ4v) is 4.70. The number of sulfonamides is 1. The summed E-state index contributed by atoms with van der Waals surface area (Å²) < 4.78 is 80.0. The molecule has 2 atom stereocenters. The zero-order valence-electron chi connectivity index (χ0n) is 20.2. The lowest BCUT2D eigenvalue weighted by molar-refractivity contribution is -0.181. The van der Waals surface area contributed by atoms with E-state index >= 15 is 0 Å². The molecule has 1 aliphatic carbocycles. The number of rotatable bonds is 6. The van der Waals surface area contributed by atoms with Crippen molar-refractivity contribution < 1.29 is 30.8 Å². The van der Waals surface area contributed by atoms with Crippen LogP contribution in [0.5, 0.6) is 0 Å². The molecule has 2 N–H and O–H groups in total. The van der Waals surface area contributed by atoms with Crippen LogP contribution in [0.3, 0.4) is 0 Å². The molecule has 6 nitrogen and oxygen atoms in total. The summed E-state index contributed by atoms with van der Waals surface area (Å²) in [5.41, 5.74) is -0.0107. The van der Waals surface area contributed by atoms with Gasteiger partial charge in [0.25, 0.3) is 0 Å². The van der Waals surface area contributed by atoms with Gasteiger partial charge in [0.05, 0.1) is 23.7 Å². The number of pyridine rings is 1. The third-order valence-electron chi connectivity index (χ3n) is 6.45. The largest absolute Gasteiger partial charge is 0.399 e. The second-order valence-electron chi connectivity index (χ2n) is 9.66. The van der Waals surface area contributed by atoms with E-state index in [0.29, 0.717) is 30.5 Å². The molecule has 35 heavy (non-hydrogen) atoms. The van der Waals surface area contributed by atoms with Crippen LogP contribution in [0.1, 0.15) is 61.3 Å². The Morgan fingerprint density at radius 1 is 1.20 bits per heavy atom. The highest BCUT2D eigenvalue weighted by molar-refractivity contribution is 7.92. The van der Waals surface area contributed by atoms with Crippen molar-refractivity contribution in [3.63, 3.8) is 0 Å². The SMILES string of the molecule is Cc1cc([C@@H](C)NC(=O)[C@@H]2CCc3nc(C(C)(C)C(F)(F)F)ccc3C2)c(F)cc1NS(C)(=O)=O. The van der Waals surface area contributed by atoms with E-state index in [1.807, 2.05) is 0 Å². The Morgan fingerprint density at radius 3 is 2.46 bits per heavy atom. The second-order valence-corrected chi connectivity index (χ2v) is 11.4. The van der Waals surface area contributed by atoms with Crippen molar-refractivity contribution in [3.05, 3.63) is 58.2 Å². The van der Waals surface area contributed by atoms with Gasteiger partial charge in [-0.25, -0.2) is 12.8 Å². The minimum atomic E-state index is -4.44. The topological polar surface area (TPSA) is 88.2 Å². The molecule has 1 aliphatic rings. The first kappa shape index (κ1) is 26.9. The number of carbonyl (C=O) groups is 1. The lowest BCUT2D eigenvalue weighted by atomic mass is 9.83. The van der Waals surface area contributed by atoms with Crippen LogP contribution in [0.15, 0.2) is 24.3 Å². The molecule has 0 saturated heterocycles. The molecule has 11 heteroatoms. The number of hydrogen-bond acceptors (Lipinski definition) is 4. The number of nitrogens with zero attached hydrogens (tertiary/aromatic N) is 1. The Morgan fingerprint density at radius 2 is 1.86 bits per heavy atom. The lowest BCUT2D eigenvalue weighted by Gasteiger charge is -2.30. The molecule has 0 saturated carbocycles. The van der Waals surface area contributed by atoms with Gasteiger partial charge in [0, 0.05) is 17.2 Å². The summed E-state index contributed by atoms with van der Waals surface area (Å²) >= 11 is 0. The predicted octanol–water partition coefficient (Wildman–Crippen LogP) is 4.72. The smallest absolute Gasteiger partial charge is 0.349 e. The number of amides is 1.